The van der Waals surface area contributed by atoms with Crippen LogP contribution < -0.4 is 10.3 Å². The first-order valence-electron chi connectivity index (χ1n) is 7.41. The van der Waals surface area contributed by atoms with Gasteiger partial charge in [-0.1, -0.05) is 18.2 Å². The molecule has 0 radical (unpaired) electrons. The molecule has 0 spiro atoms. The van der Waals surface area contributed by atoms with Gasteiger partial charge >= 0.3 is 0 Å². The molecular weight excluding hydrogens is 354 g/mol. The van der Waals surface area contributed by atoms with Gasteiger partial charge in [0.1, 0.15) is 5.69 Å². The van der Waals surface area contributed by atoms with Crippen molar-refractivity contribution in [2.75, 3.05) is 0 Å². The SMILES string of the molecule is N#Cc1ccc(S(=O)(=O)NNC(=O)c2cncn2-c2ccccc2)cc1. The molecule has 8 nitrogen and oxygen atoms in total. The fraction of sp³-hybridized carbons (Fsp3) is 0. The average molecular weight is 367 g/mol. The van der Waals surface area contributed by atoms with Crippen LogP contribution >= 0.6 is 0 Å². The smallest absolute Gasteiger partial charge is 0.284 e. The lowest BCUT2D eigenvalue weighted by molar-refractivity contribution is 0.0938. The van der Waals surface area contributed by atoms with Crippen molar-refractivity contribution in [3.63, 3.8) is 0 Å². The van der Waals surface area contributed by atoms with E-state index in [9.17, 15) is 13.2 Å². The molecule has 0 fully saturated rings. The monoisotopic (exact) mass is 367 g/mol. The number of carbonyl (C=O) groups is 1. The van der Waals surface area contributed by atoms with E-state index in [4.69, 9.17) is 5.26 Å². The van der Waals surface area contributed by atoms with Crippen LogP contribution in [0.4, 0.5) is 0 Å². The van der Waals surface area contributed by atoms with E-state index in [-0.39, 0.29) is 10.6 Å². The van der Waals surface area contributed by atoms with Gasteiger partial charge in [-0.25, -0.2) is 13.4 Å². The highest BCUT2D eigenvalue weighted by molar-refractivity contribution is 7.89. The molecule has 3 aromatic rings. The van der Waals surface area contributed by atoms with E-state index in [1.807, 2.05) is 29.1 Å². The molecule has 0 atom stereocenters. The largest absolute Gasteiger partial charge is 0.295 e. The summed E-state index contributed by atoms with van der Waals surface area (Å²) in [5, 5.41) is 8.75. The summed E-state index contributed by atoms with van der Waals surface area (Å²) in [5.41, 5.74) is 3.37. The molecule has 26 heavy (non-hydrogen) atoms. The summed E-state index contributed by atoms with van der Waals surface area (Å²) < 4.78 is 26.0. The van der Waals surface area contributed by atoms with Crippen LogP contribution in [0.15, 0.2) is 72.0 Å². The maximum atomic E-state index is 12.3. The first kappa shape index (κ1) is 17.3. The molecule has 0 saturated carbocycles. The second-order valence-electron chi connectivity index (χ2n) is 5.18. The molecule has 3 rings (SSSR count). The van der Waals surface area contributed by atoms with Crippen molar-refractivity contribution in [1.29, 1.82) is 5.26 Å². The fourth-order valence-electron chi connectivity index (χ4n) is 2.20. The Morgan fingerprint density at radius 3 is 2.42 bits per heavy atom. The van der Waals surface area contributed by atoms with E-state index in [1.54, 1.807) is 12.1 Å². The summed E-state index contributed by atoms with van der Waals surface area (Å²) in [4.78, 5) is 18.2. The van der Waals surface area contributed by atoms with E-state index < -0.39 is 15.9 Å². The Hall–Kier alpha value is -3.48. The number of hydrazine groups is 1. The van der Waals surface area contributed by atoms with Crippen LogP contribution in [0, 0.1) is 11.3 Å². The molecule has 0 aliphatic heterocycles. The van der Waals surface area contributed by atoms with Gasteiger partial charge in [0, 0.05) is 5.69 Å². The van der Waals surface area contributed by atoms with Crippen molar-refractivity contribution in [1.82, 2.24) is 19.8 Å². The summed E-state index contributed by atoms with van der Waals surface area (Å²) >= 11 is 0. The molecule has 1 aromatic heterocycles. The molecule has 0 saturated heterocycles. The van der Waals surface area contributed by atoms with Gasteiger partial charge in [-0.3, -0.25) is 14.8 Å². The van der Waals surface area contributed by atoms with Crippen molar-refractivity contribution < 1.29 is 13.2 Å². The van der Waals surface area contributed by atoms with Crippen LogP contribution in [-0.2, 0) is 10.0 Å². The lowest BCUT2D eigenvalue weighted by atomic mass is 10.2. The van der Waals surface area contributed by atoms with Crippen LogP contribution in [0.1, 0.15) is 16.1 Å². The Bertz CT molecular complexity index is 1070. The Balaban J connectivity index is 1.75. The first-order chi connectivity index (χ1) is 12.5. The highest BCUT2D eigenvalue weighted by Crippen LogP contribution is 2.11. The molecular formula is C17H13N5O3S. The van der Waals surface area contributed by atoms with Crippen LogP contribution in [0.2, 0.25) is 0 Å². The number of para-hydroxylation sites is 1. The molecule has 0 unspecified atom stereocenters. The molecule has 2 aromatic carbocycles. The maximum Gasteiger partial charge on any atom is 0.284 e. The van der Waals surface area contributed by atoms with Gasteiger partial charge in [-0.15, -0.1) is 4.83 Å². The number of aromatic nitrogens is 2. The van der Waals surface area contributed by atoms with E-state index in [0.717, 1.165) is 0 Å². The predicted molar refractivity (Wildman–Crippen MR) is 92.5 cm³/mol. The van der Waals surface area contributed by atoms with E-state index in [0.29, 0.717) is 11.3 Å². The number of nitrogens with zero attached hydrogens (tertiary/aromatic N) is 3. The number of hydrogen-bond donors (Lipinski definition) is 2. The van der Waals surface area contributed by atoms with Crippen LogP contribution in [0.25, 0.3) is 5.69 Å². The minimum absolute atomic E-state index is 0.0756. The van der Waals surface area contributed by atoms with E-state index in [1.165, 1.54) is 41.4 Å². The van der Waals surface area contributed by atoms with Crippen molar-refractivity contribution in [2.24, 2.45) is 0 Å². The van der Waals surface area contributed by atoms with E-state index in [2.05, 4.69) is 10.4 Å². The second kappa shape index (κ2) is 7.18. The van der Waals surface area contributed by atoms with E-state index >= 15 is 0 Å². The summed E-state index contributed by atoms with van der Waals surface area (Å²) in [7, 11) is -3.97. The Morgan fingerprint density at radius 2 is 1.77 bits per heavy atom. The molecule has 9 heteroatoms. The molecule has 1 heterocycles. The number of carbonyl (C=O) groups excluding carboxylic acids is 1. The minimum Gasteiger partial charge on any atom is -0.295 e. The average Bonchev–Trinajstić information content (AvgIpc) is 3.17. The third-order valence-corrected chi connectivity index (χ3v) is 4.76. The zero-order valence-corrected chi connectivity index (χ0v) is 14.1. The van der Waals surface area contributed by atoms with Crippen molar-refractivity contribution in [3.05, 3.63) is 78.4 Å². The van der Waals surface area contributed by atoms with Gasteiger partial charge in [-0.05, 0) is 36.4 Å². The van der Waals surface area contributed by atoms with Crippen molar-refractivity contribution >= 4 is 15.9 Å². The van der Waals surface area contributed by atoms with Gasteiger partial charge in [-0.2, -0.15) is 5.26 Å². The molecule has 1 amide bonds. The number of nitrogens with one attached hydrogen (secondary N) is 2. The quantitative estimate of drug-likeness (QED) is 0.661. The van der Waals surface area contributed by atoms with Crippen LogP contribution in [-0.4, -0.2) is 23.9 Å². The zero-order valence-electron chi connectivity index (χ0n) is 13.3. The van der Waals surface area contributed by atoms with Gasteiger partial charge in [0.05, 0.1) is 29.1 Å². The lowest BCUT2D eigenvalue weighted by Crippen LogP contribution is -2.42. The minimum atomic E-state index is -3.97. The number of benzene rings is 2. The van der Waals surface area contributed by atoms with Crippen molar-refractivity contribution in [2.45, 2.75) is 4.90 Å². The summed E-state index contributed by atoms with van der Waals surface area (Å²) in [5.74, 6) is -0.663. The molecule has 0 aliphatic rings. The Morgan fingerprint density at radius 1 is 1.08 bits per heavy atom. The Labute approximate surface area is 149 Å². The predicted octanol–water partition coefficient (Wildman–Crippen LogP) is 1.37. The number of nitriles is 1. The topological polar surface area (TPSA) is 117 Å². The Kier molecular flexibility index (Phi) is 4.79. The fourth-order valence-corrected chi connectivity index (χ4v) is 3.04. The van der Waals surface area contributed by atoms with Crippen LogP contribution in [0.5, 0.6) is 0 Å². The summed E-state index contributed by atoms with van der Waals surface area (Å²) in [6, 6.07) is 16.3. The number of imidazole rings is 1. The highest BCUT2D eigenvalue weighted by atomic mass is 32.2. The number of hydrogen-bond acceptors (Lipinski definition) is 5. The standard InChI is InChI=1S/C17H13N5O3S/c18-10-13-6-8-15(9-7-13)26(24,25)21-20-17(23)16-11-19-12-22(16)14-4-2-1-3-5-14/h1-9,11-12,21H,(H,20,23). The number of rotatable bonds is 5. The lowest BCUT2D eigenvalue weighted by Gasteiger charge is -2.10. The van der Waals surface area contributed by atoms with Gasteiger partial charge in [0.2, 0.25) is 0 Å². The van der Waals surface area contributed by atoms with Crippen LogP contribution in [0.3, 0.4) is 0 Å². The molecule has 130 valence electrons. The van der Waals surface area contributed by atoms with Gasteiger partial charge in [0.25, 0.3) is 15.9 Å². The molecule has 0 aliphatic carbocycles. The first-order valence-corrected chi connectivity index (χ1v) is 8.90. The highest BCUT2D eigenvalue weighted by Gasteiger charge is 2.18. The van der Waals surface area contributed by atoms with Crippen molar-refractivity contribution in [3.8, 4) is 11.8 Å². The van der Waals surface area contributed by atoms with Gasteiger partial charge in [0.15, 0.2) is 0 Å². The normalized spacial score (nSPS) is 10.9. The molecule has 0 bridgehead atoms. The second-order valence-corrected chi connectivity index (χ2v) is 6.86. The van der Waals surface area contributed by atoms with Gasteiger partial charge < -0.3 is 0 Å². The summed E-state index contributed by atoms with van der Waals surface area (Å²) in [6.45, 7) is 0. The summed E-state index contributed by atoms with van der Waals surface area (Å²) in [6.07, 6.45) is 2.79. The third kappa shape index (κ3) is 3.61. The number of sulfonamides is 1. The molecule has 2 N–H and O–H groups in total. The maximum absolute atomic E-state index is 12.3. The number of amides is 1. The third-order valence-electron chi connectivity index (χ3n) is 3.50. The zero-order chi connectivity index (χ0) is 18.6.